The summed E-state index contributed by atoms with van der Waals surface area (Å²) in [5.41, 5.74) is 2.18. The minimum Gasteiger partial charge on any atom is -0.353 e. The van der Waals surface area contributed by atoms with Crippen LogP contribution in [0.1, 0.15) is 6.92 Å². The van der Waals surface area contributed by atoms with Crippen molar-refractivity contribution in [2.45, 2.75) is 6.92 Å². The van der Waals surface area contributed by atoms with Gasteiger partial charge in [-0.2, -0.15) is 0 Å². The zero-order chi connectivity index (χ0) is 16.5. The molecule has 3 aromatic rings. The summed E-state index contributed by atoms with van der Waals surface area (Å²) in [7, 11) is 0. The van der Waals surface area contributed by atoms with E-state index in [2.05, 4.69) is 37.1 Å². The molecule has 7 heteroatoms. The highest BCUT2D eigenvalue weighted by Gasteiger charge is 2.21. The van der Waals surface area contributed by atoms with Crippen LogP contribution < -0.4 is 4.90 Å². The molecule has 0 amide bonds. The lowest BCUT2D eigenvalue weighted by atomic mass is 10.1. The fourth-order valence-electron chi connectivity index (χ4n) is 3.12. The molecule has 1 saturated heterocycles. The van der Waals surface area contributed by atoms with Crippen molar-refractivity contribution in [3.05, 3.63) is 35.2 Å². The Hall–Kier alpha value is -1.76. The van der Waals surface area contributed by atoms with Crippen molar-refractivity contribution in [1.82, 2.24) is 19.9 Å². The van der Waals surface area contributed by atoms with Crippen molar-refractivity contribution in [2.24, 2.45) is 0 Å². The molecule has 0 aliphatic carbocycles. The van der Waals surface area contributed by atoms with Gasteiger partial charge in [-0.05, 0) is 18.7 Å². The summed E-state index contributed by atoms with van der Waals surface area (Å²) in [6.07, 6.45) is 3.49. The summed E-state index contributed by atoms with van der Waals surface area (Å²) in [4.78, 5) is 19.1. The van der Waals surface area contributed by atoms with E-state index in [9.17, 15) is 0 Å². The second-order valence-electron chi connectivity index (χ2n) is 5.82. The molecular formula is C17H18ClN5S. The van der Waals surface area contributed by atoms with Gasteiger partial charge in [-0.3, -0.25) is 0 Å². The molecule has 0 radical (unpaired) electrons. The Morgan fingerprint density at radius 2 is 1.96 bits per heavy atom. The van der Waals surface area contributed by atoms with Gasteiger partial charge in [0.05, 0.1) is 5.39 Å². The van der Waals surface area contributed by atoms with E-state index in [0.29, 0.717) is 5.15 Å². The van der Waals surface area contributed by atoms with Crippen molar-refractivity contribution in [1.29, 1.82) is 0 Å². The van der Waals surface area contributed by atoms with E-state index in [1.807, 2.05) is 18.3 Å². The van der Waals surface area contributed by atoms with Gasteiger partial charge in [0, 0.05) is 48.9 Å². The summed E-state index contributed by atoms with van der Waals surface area (Å²) in [6, 6.07) is 3.83. The summed E-state index contributed by atoms with van der Waals surface area (Å²) >= 11 is 7.57. The SMILES string of the molecule is CCN1CCN(c2ncnc3scc(-c4ccc(Cl)nc4)c23)CC1. The van der Waals surface area contributed by atoms with Crippen molar-refractivity contribution in [3.63, 3.8) is 0 Å². The Bertz CT molecular complexity index is 840. The highest BCUT2D eigenvalue weighted by molar-refractivity contribution is 7.17. The molecule has 4 rings (SSSR count). The van der Waals surface area contributed by atoms with Crippen LogP contribution in [0.25, 0.3) is 21.3 Å². The predicted octanol–water partition coefficient (Wildman–Crippen LogP) is 3.55. The van der Waals surface area contributed by atoms with Gasteiger partial charge in [-0.25, -0.2) is 15.0 Å². The molecule has 0 saturated carbocycles. The number of piperazine rings is 1. The van der Waals surface area contributed by atoms with E-state index in [-0.39, 0.29) is 0 Å². The second kappa shape index (κ2) is 6.63. The number of likely N-dealkylation sites (N-methyl/N-ethyl adjacent to an activating group) is 1. The number of thiophene rings is 1. The van der Waals surface area contributed by atoms with E-state index in [1.54, 1.807) is 17.7 Å². The standard InChI is InChI=1S/C17H18ClN5S/c1-2-22-5-7-23(8-6-22)16-15-13(10-24-17(15)21-11-20-16)12-3-4-14(18)19-9-12/h3-4,9-11H,2,5-8H2,1H3. The number of fused-ring (bicyclic) bond motifs is 1. The molecule has 24 heavy (non-hydrogen) atoms. The highest BCUT2D eigenvalue weighted by atomic mass is 35.5. The zero-order valence-electron chi connectivity index (χ0n) is 13.4. The van der Waals surface area contributed by atoms with Crippen LogP contribution in [0.4, 0.5) is 5.82 Å². The molecule has 124 valence electrons. The van der Waals surface area contributed by atoms with Gasteiger partial charge in [0.2, 0.25) is 0 Å². The molecule has 4 heterocycles. The van der Waals surface area contributed by atoms with Gasteiger partial charge in [0.15, 0.2) is 0 Å². The van der Waals surface area contributed by atoms with Crippen molar-refractivity contribution < 1.29 is 0 Å². The van der Waals surface area contributed by atoms with Gasteiger partial charge in [-0.1, -0.05) is 18.5 Å². The molecule has 0 aromatic carbocycles. The summed E-state index contributed by atoms with van der Waals surface area (Å²) in [5.74, 6) is 1.03. The minimum absolute atomic E-state index is 0.505. The third kappa shape index (κ3) is 2.85. The zero-order valence-corrected chi connectivity index (χ0v) is 15.0. The fraction of sp³-hybridized carbons (Fsp3) is 0.353. The number of hydrogen-bond acceptors (Lipinski definition) is 6. The van der Waals surface area contributed by atoms with E-state index < -0.39 is 0 Å². The lowest BCUT2D eigenvalue weighted by Gasteiger charge is -2.35. The molecule has 3 aromatic heterocycles. The molecule has 0 bridgehead atoms. The van der Waals surface area contributed by atoms with Crippen LogP contribution in [0.15, 0.2) is 30.0 Å². The topological polar surface area (TPSA) is 45.2 Å². The van der Waals surface area contributed by atoms with E-state index >= 15 is 0 Å². The maximum absolute atomic E-state index is 5.93. The number of nitrogens with zero attached hydrogens (tertiary/aromatic N) is 5. The van der Waals surface area contributed by atoms with Gasteiger partial charge in [0.25, 0.3) is 0 Å². The number of anilines is 1. The van der Waals surface area contributed by atoms with Crippen LogP contribution in [0, 0.1) is 0 Å². The maximum atomic E-state index is 5.93. The summed E-state index contributed by atoms with van der Waals surface area (Å²) in [6.45, 7) is 7.45. The van der Waals surface area contributed by atoms with E-state index in [1.165, 1.54) is 0 Å². The smallest absolute Gasteiger partial charge is 0.141 e. The van der Waals surface area contributed by atoms with E-state index in [4.69, 9.17) is 11.6 Å². The van der Waals surface area contributed by atoms with Crippen LogP contribution in [-0.4, -0.2) is 52.6 Å². The molecule has 1 aliphatic heterocycles. The van der Waals surface area contributed by atoms with Gasteiger partial charge in [0.1, 0.15) is 22.1 Å². The van der Waals surface area contributed by atoms with Gasteiger partial charge in [-0.15, -0.1) is 11.3 Å². The monoisotopic (exact) mass is 359 g/mol. The number of hydrogen-bond donors (Lipinski definition) is 0. The molecule has 1 fully saturated rings. The Morgan fingerprint density at radius 1 is 1.12 bits per heavy atom. The Morgan fingerprint density at radius 3 is 2.67 bits per heavy atom. The third-order valence-corrected chi connectivity index (χ3v) is 5.62. The molecule has 0 N–H and O–H groups in total. The van der Waals surface area contributed by atoms with Crippen LogP contribution >= 0.6 is 22.9 Å². The lowest BCUT2D eigenvalue weighted by molar-refractivity contribution is 0.271. The third-order valence-electron chi connectivity index (χ3n) is 4.51. The van der Waals surface area contributed by atoms with Crippen molar-refractivity contribution >= 4 is 39.0 Å². The van der Waals surface area contributed by atoms with Crippen molar-refractivity contribution in [2.75, 3.05) is 37.6 Å². The van der Waals surface area contributed by atoms with Crippen LogP contribution in [0.2, 0.25) is 5.15 Å². The Balaban J connectivity index is 1.76. The largest absolute Gasteiger partial charge is 0.353 e. The molecule has 5 nitrogen and oxygen atoms in total. The summed E-state index contributed by atoms with van der Waals surface area (Å²) in [5, 5.41) is 3.76. The van der Waals surface area contributed by atoms with Crippen LogP contribution in [-0.2, 0) is 0 Å². The predicted molar refractivity (Wildman–Crippen MR) is 100.0 cm³/mol. The molecule has 0 spiro atoms. The lowest BCUT2D eigenvalue weighted by Crippen LogP contribution is -2.46. The Labute approximate surface area is 149 Å². The van der Waals surface area contributed by atoms with Crippen LogP contribution in [0.3, 0.4) is 0 Å². The maximum Gasteiger partial charge on any atom is 0.141 e. The number of halogens is 1. The first-order valence-electron chi connectivity index (χ1n) is 8.07. The van der Waals surface area contributed by atoms with Gasteiger partial charge >= 0.3 is 0 Å². The van der Waals surface area contributed by atoms with Crippen molar-refractivity contribution in [3.8, 4) is 11.1 Å². The number of aromatic nitrogens is 3. The minimum atomic E-state index is 0.505. The highest BCUT2D eigenvalue weighted by Crippen LogP contribution is 2.37. The molecule has 1 aliphatic rings. The average molecular weight is 360 g/mol. The average Bonchev–Trinajstić information content (AvgIpc) is 3.07. The Kier molecular flexibility index (Phi) is 4.35. The number of rotatable bonds is 3. The first-order chi connectivity index (χ1) is 11.8. The fourth-order valence-corrected chi connectivity index (χ4v) is 4.14. The second-order valence-corrected chi connectivity index (χ2v) is 7.06. The quantitative estimate of drug-likeness (QED) is 0.669. The molecule has 0 atom stereocenters. The summed E-state index contributed by atoms with van der Waals surface area (Å²) < 4.78 is 0. The normalized spacial score (nSPS) is 16.0. The number of pyridine rings is 1. The first kappa shape index (κ1) is 15.7. The van der Waals surface area contributed by atoms with E-state index in [0.717, 1.165) is 59.9 Å². The van der Waals surface area contributed by atoms with Crippen LogP contribution in [0.5, 0.6) is 0 Å². The molecular weight excluding hydrogens is 342 g/mol. The first-order valence-corrected chi connectivity index (χ1v) is 9.33. The van der Waals surface area contributed by atoms with Gasteiger partial charge < -0.3 is 9.80 Å². The molecule has 0 unspecified atom stereocenters.